The van der Waals surface area contributed by atoms with Gasteiger partial charge in [-0.05, 0) is 51.5 Å². The SMILES string of the molecule is CCCC1(C(=O)N[C@@H](C)C2CCCCCC2)CCCN1. The van der Waals surface area contributed by atoms with Crippen LogP contribution in [0.1, 0.15) is 78.1 Å². The summed E-state index contributed by atoms with van der Waals surface area (Å²) >= 11 is 0. The van der Waals surface area contributed by atoms with Crippen molar-refractivity contribution in [1.29, 1.82) is 0 Å². The van der Waals surface area contributed by atoms with Crippen LogP contribution in [0, 0.1) is 5.92 Å². The van der Waals surface area contributed by atoms with Crippen LogP contribution < -0.4 is 10.6 Å². The molecule has 20 heavy (non-hydrogen) atoms. The first kappa shape index (κ1) is 15.8. The largest absolute Gasteiger partial charge is 0.352 e. The van der Waals surface area contributed by atoms with E-state index in [9.17, 15) is 4.79 Å². The Balaban J connectivity index is 1.91. The van der Waals surface area contributed by atoms with Crippen LogP contribution >= 0.6 is 0 Å². The fraction of sp³-hybridized carbons (Fsp3) is 0.941. The van der Waals surface area contributed by atoms with Crippen LogP contribution in [-0.4, -0.2) is 24.0 Å². The molecule has 2 atom stereocenters. The number of carbonyl (C=O) groups excluding carboxylic acids is 1. The lowest BCUT2D eigenvalue weighted by Crippen LogP contribution is -2.56. The molecule has 2 rings (SSSR count). The molecular weight excluding hydrogens is 248 g/mol. The first-order valence-electron chi connectivity index (χ1n) is 8.74. The highest BCUT2D eigenvalue weighted by molar-refractivity contribution is 5.86. The van der Waals surface area contributed by atoms with E-state index in [0.29, 0.717) is 12.0 Å². The Kier molecular flexibility index (Phi) is 5.88. The van der Waals surface area contributed by atoms with Crippen LogP contribution in [0.2, 0.25) is 0 Å². The van der Waals surface area contributed by atoms with Gasteiger partial charge in [-0.3, -0.25) is 4.79 Å². The molecule has 1 aliphatic carbocycles. The second-order valence-corrected chi connectivity index (χ2v) is 6.88. The van der Waals surface area contributed by atoms with Crippen LogP contribution in [0.5, 0.6) is 0 Å². The van der Waals surface area contributed by atoms with Crippen molar-refractivity contribution in [2.45, 2.75) is 89.6 Å². The maximum atomic E-state index is 12.7. The fourth-order valence-electron chi connectivity index (χ4n) is 4.03. The van der Waals surface area contributed by atoms with Crippen molar-refractivity contribution < 1.29 is 4.79 Å². The van der Waals surface area contributed by atoms with E-state index in [1.807, 2.05) is 0 Å². The van der Waals surface area contributed by atoms with Gasteiger partial charge in [-0.1, -0.05) is 39.0 Å². The molecule has 0 aromatic heterocycles. The van der Waals surface area contributed by atoms with E-state index < -0.39 is 0 Å². The summed E-state index contributed by atoms with van der Waals surface area (Å²) in [5.74, 6) is 0.940. The second-order valence-electron chi connectivity index (χ2n) is 6.88. The standard InChI is InChI=1S/C17H32N2O/c1-3-11-17(12-8-13-18-17)16(20)19-14(2)15-9-6-4-5-7-10-15/h14-15,18H,3-13H2,1-2H3,(H,19,20)/t14-,17?/m0/s1. The number of hydrogen-bond donors (Lipinski definition) is 2. The van der Waals surface area contributed by atoms with E-state index >= 15 is 0 Å². The van der Waals surface area contributed by atoms with E-state index in [1.54, 1.807) is 0 Å². The lowest BCUT2D eigenvalue weighted by Gasteiger charge is -2.32. The summed E-state index contributed by atoms with van der Waals surface area (Å²) in [5, 5.41) is 6.82. The second kappa shape index (κ2) is 7.44. The number of nitrogens with one attached hydrogen (secondary N) is 2. The van der Waals surface area contributed by atoms with Gasteiger partial charge in [0.15, 0.2) is 0 Å². The summed E-state index contributed by atoms with van der Waals surface area (Å²) in [6.07, 6.45) is 12.2. The quantitative estimate of drug-likeness (QED) is 0.758. The predicted molar refractivity (Wildman–Crippen MR) is 83.7 cm³/mol. The third-order valence-electron chi connectivity index (χ3n) is 5.32. The van der Waals surface area contributed by atoms with E-state index in [-0.39, 0.29) is 11.4 Å². The van der Waals surface area contributed by atoms with Gasteiger partial charge in [-0.2, -0.15) is 0 Å². The molecule has 2 aliphatic rings. The minimum Gasteiger partial charge on any atom is -0.352 e. The molecule has 2 N–H and O–H groups in total. The zero-order chi connectivity index (χ0) is 14.4. The van der Waals surface area contributed by atoms with E-state index in [0.717, 1.165) is 32.2 Å². The molecule has 0 aromatic carbocycles. The maximum Gasteiger partial charge on any atom is 0.240 e. The summed E-state index contributed by atoms with van der Waals surface area (Å²) in [7, 11) is 0. The molecule has 116 valence electrons. The van der Waals surface area contributed by atoms with Gasteiger partial charge in [0.05, 0.1) is 5.54 Å². The average molecular weight is 280 g/mol. The van der Waals surface area contributed by atoms with Gasteiger partial charge in [0.25, 0.3) is 0 Å². The van der Waals surface area contributed by atoms with Crippen LogP contribution in [0.3, 0.4) is 0 Å². The Morgan fingerprint density at radius 2 is 1.95 bits per heavy atom. The van der Waals surface area contributed by atoms with Crippen molar-refractivity contribution in [2.75, 3.05) is 6.54 Å². The smallest absolute Gasteiger partial charge is 0.240 e. The van der Waals surface area contributed by atoms with Crippen LogP contribution in [0.4, 0.5) is 0 Å². The highest BCUT2D eigenvalue weighted by Crippen LogP contribution is 2.28. The molecule has 1 amide bonds. The van der Waals surface area contributed by atoms with Crippen LogP contribution in [0.15, 0.2) is 0 Å². The molecule has 1 unspecified atom stereocenters. The Hall–Kier alpha value is -0.570. The van der Waals surface area contributed by atoms with Crippen LogP contribution in [0.25, 0.3) is 0 Å². The van der Waals surface area contributed by atoms with Gasteiger partial charge in [-0.25, -0.2) is 0 Å². The van der Waals surface area contributed by atoms with Crippen molar-refractivity contribution in [1.82, 2.24) is 10.6 Å². The normalized spacial score (nSPS) is 29.9. The lowest BCUT2D eigenvalue weighted by molar-refractivity contribution is -0.128. The van der Waals surface area contributed by atoms with Gasteiger partial charge in [0.1, 0.15) is 0 Å². The summed E-state index contributed by atoms with van der Waals surface area (Å²) in [6.45, 7) is 5.37. The average Bonchev–Trinajstić information content (AvgIpc) is 2.75. The number of hydrogen-bond acceptors (Lipinski definition) is 2. The molecule has 0 bridgehead atoms. The van der Waals surface area contributed by atoms with E-state index in [4.69, 9.17) is 0 Å². The first-order chi connectivity index (χ1) is 9.68. The highest BCUT2D eigenvalue weighted by Gasteiger charge is 2.40. The maximum absolute atomic E-state index is 12.7. The Labute approximate surface area is 124 Å². The van der Waals surface area contributed by atoms with Gasteiger partial charge in [0, 0.05) is 6.04 Å². The molecule has 0 radical (unpaired) electrons. The number of rotatable bonds is 5. The summed E-state index contributed by atoms with van der Waals surface area (Å²) in [6, 6.07) is 0.330. The summed E-state index contributed by atoms with van der Waals surface area (Å²) in [5.41, 5.74) is -0.270. The zero-order valence-electron chi connectivity index (χ0n) is 13.3. The molecule has 1 saturated heterocycles. The van der Waals surface area contributed by atoms with Crippen molar-refractivity contribution in [2.24, 2.45) is 5.92 Å². The molecule has 0 aromatic rings. The minimum absolute atomic E-state index is 0.258. The molecule has 1 saturated carbocycles. The molecular formula is C17H32N2O. The molecule has 1 aliphatic heterocycles. The topological polar surface area (TPSA) is 41.1 Å². The van der Waals surface area contributed by atoms with Gasteiger partial charge >= 0.3 is 0 Å². The van der Waals surface area contributed by atoms with E-state index in [2.05, 4.69) is 24.5 Å². The zero-order valence-corrected chi connectivity index (χ0v) is 13.3. The predicted octanol–water partition coefficient (Wildman–Crippen LogP) is 3.38. The Bertz CT molecular complexity index is 302. The Morgan fingerprint density at radius 3 is 2.50 bits per heavy atom. The monoisotopic (exact) mass is 280 g/mol. The molecule has 3 heteroatoms. The van der Waals surface area contributed by atoms with Crippen molar-refractivity contribution in [3.8, 4) is 0 Å². The molecule has 2 fully saturated rings. The van der Waals surface area contributed by atoms with E-state index in [1.165, 1.54) is 38.5 Å². The lowest BCUT2D eigenvalue weighted by atomic mass is 9.88. The summed E-state index contributed by atoms with van der Waals surface area (Å²) in [4.78, 5) is 12.7. The molecule has 1 heterocycles. The van der Waals surface area contributed by atoms with Gasteiger partial charge < -0.3 is 10.6 Å². The highest BCUT2D eigenvalue weighted by atomic mass is 16.2. The van der Waals surface area contributed by atoms with Gasteiger partial charge in [-0.15, -0.1) is 0 Å². The number of amides is 1. The third kappa shape index (κ3) is 3.75. The minimum atomic E-state index is -0.270. The van der Waals surface area contributed by atoms with Crippen molar-refractivity contribution in [3.05, 3.63) is 0 Å². The first-order valence-corrected chi connectivity index (χ1v) is 8.74. The van der Waals surface area contributed by atoms with Gasteiger partial charge in [0.2, 0.25) is 5.91 Å². The Morgan fingerprint density at radius 1 is 1.25 bits per heavy atom. The fourth-order valence-corrected chi connectivity index (χ4v) is 4.03. The van der Waals surface area contributed by atoms with Crippen LogP contribution in [-0.2, 0) is 4.79 Å². The number of carbonyl (C=O) groups is 1. The molecule has 0 spiro atoms. The van der Waals surface area contributed by atoms with Crippen molar-refractivity contribution >= 4 is 5.91 Å². The molecule has 3 nitrogen and oxygen atoms in total. The third-order valence-corrected chi connectivity index (χ3v) is 5.32. The van der Waals surface area contributed by atoms with Crippen molar-refractivity contribution in [3.63, 3.8) is 0 Å². The summed E-state index contributed by atoms with van der Waals surface area (Å²) < 4.78 is 0.